The van der Waals surface area contributed by atoms with Crippen LogP contribution < -0.4 is 0 Å². The van der Waals surface area contributed by atoms with Crippen molar-refractivity contribution in [2.45, 2.75) is 46.0 Å². The number of aryl methyl sites for hydroxylation is 1. The molecule has 0 unspecified atom stereocenters. The van der Waals surface area contributed by atoms with Gasteiger partial charge in [0, 0.05) is 9.35 Å². The Morgan fingerprint density at radius 1 is 1.22 bits per heavy atom. The van der Waals surface area contributed by atoms with Crippen LogP contribution in [0.3, 0.4) is 0 Å². The highest BCUT2D eigenvalue weighted by molar-refractivity contribution is 9.10. The summed E-state index contributed by atoms with van der Waals surface area (Å²) >= 11 is 5.13. The lowest BCUT2D eigenvalue weighted by molar-refractivity contribution is 0.105. The van der Waals surface area contributed by atoms with Gasteiger partial charge in [-0.2, -0.15) is 0 Å². The molecule has 122 valence electrons. The summed E-state index contributed by atoms with van der Waals surface area (Å²) in [6, 6.07) is 10.3. The van der Waals surface area contributed by atoms with Crippen LogP contribution in [0.1, 0.15) is 59.8 Å². The molecule has 2 rings (SSSR count). The second kappa shape index (κ2) is 7.59. The van der Waals surface area contributed by atoms with Gasteiger partial charge in [-0.25, -0.2) is 0 Å². The number of allylic oxidation sites excluding steroid dienone is 1. The lowest BCUT2D eigenvalue weighted by Gasteiger charge is -2.18. The van der Waals surface area contributed by atoms with E-state index in [-0.39, 0.29) is 11.2 Å². The summed E-state index contributed by atoms with van der Waals surface area (Å²) in [4.78, 5) is 14.4. The highest BCUT2D eigenvalue weighted by atomic mass is 79.9. The molecule has 1 aromatic carbocycles. The third kappa shape index (κ3) is 4.89. The largest absolute Gasteiger partial charge is 0.288 e. The lowest BCUT2D eigenvalue weighted by Crippen LogP contribution is -2.10. The van der Waals surface area contributed by atoms with Crippen molar-refractivity contribution in [3.63, 3.8) is 0 Å². The molecule has 0 radical (unpaired) electrons. The van der Waals surface area contributed by atoms with Crippen molar-refractivity contribution >= 4 is 39.1 Å². The van der Waals surface area contributed by atoms with Crippen molar-refractivity contribution in [1.29, 1.82) is 0 Å². The fourth-order valence-electron chi connectivity index (χ4n) is 2.27. The van der Waals surface area contributed by atoms with E-state index in [0.717, 1.165) is 27.8 Å². The molecule has 1 heterocycles. The average molecular weight is 391 g/mol. The Bertz CT molecular complexity index is 702. The van der Waals surface area contributed by atoms with E-state index >= 15 is 0 Å². The smallest absolute Gasteiger partial charge is 0.195 e. The average Bonchev–Trinajstić information content (AvgIpc) is 2.86. The molecule has 0 saturated heterocycles. The highest BCUT2D eigenvalue weighted by Gasteiger charge is 2.13. The number of benzene rings is 1. The summed E-state index contributed by atoms with van der Waals surface area (Å²) in [5.74, 6) is 0.0675. The van der Waals surface area contributed by atoms with Gasteiger partial charge < -0.3 is 0 Å². The molecule has 0 bridgehead atoms. The number of carbonyl (C=O) groups is 1. The summed E-state index contributed by atoms with van der Waals surface area (Å²) < 4.78 is 1.05. The van der Waals surface area contributed by atoms with Crippen LogP contribution in [0.25, 0.3) is 6.08 Å². The van der Waals surface area contributed by atoms with E-state index < -0.39 is 0 Å². The molecule has 1 aromatic heterocycles. The molecule has 0 amide bonds. The van der Waals surface area contributed by atoms with Crippen LogP contribution in [0.2, 0.25) is 0 Å². The van der Waals surface area contributed by atoms with Crippen LogP contribution in [0.5, 0.6) is 0 Å². The molecule has 3 heteroatoms. The van der Waals surface area contributed by atoms with E-state index in [2.05, 4.69) is 67.9 Å². The van der Waals surface area contributed by atoms with Crippen molar-refractivity contribution in [1.82, 2.24) is 0 Å². The van der Waals surface area contributed by atoms with E-state index in [9.17, 15) is 4.79 Å². The minimum absolute atomic E-state index is 0.0675. The van der Waals surface area contributed by atoms with Crippen molar-refractivity contribution in [2.24, 2.45) is 0 Å². The zero-order valence-electron chi connectivity index (χ0n) is 14.2. The van der Waals surface area contributed by atoms with Crippen LogP contribution in [-0.2, 0) is 11.8 Å². The maximum Gasteiger partial charge on any atom is 0.195 e. The predicted molar refractivity (Wildman–Crippen MR) is 105 cm³/mol. The monoisotopic (exact) mass is 390 g/mol. The first-order chi connectivity index (χ1) is 10.8. The van der Waals surface area contributed by atoms with Crippen LogP contribution in [0.15, 0.2) is 40.9 Å². The Morgan fingerprint density at radius 2 is 1.87 bits per heavy atom. The number of rotatable bonds is 5. The molecule has 1 nitrogen and oxygen atoms in total. The first-order valence-corrected chi connectivity index (χ1v) is 9.53. The topological polar surface area (TPSA) is 17.1 Å². The van der Waals surface area contributed by atoms with Crippen molar-refractivity contribution in [3.05, 3.63) is 61.8 Å². The quantitative estimate of drug-likeness (QED) is 0.412. The Balaban J connectivity index is 2.10. The van der Waals surface area contributed by atoms with E-state index in [1.54, 1.807) is 17.4 Å². The second-order valence-corrected chi connectivity index (χ2v) is 8.69. The molecule has 2 aromatic rings. The third-order valence-electron chi connectivity index (χ3n) is 3.68. The molecule has 0 spiro atoms. The van der Waals surface area contributed by atoms with Gasteiger partial charge in [-0.1, -0.05) is 64.5 Å². The summed E-state index contributed by atoms with van der Waals surface area (Å²) in [5.41, 5.74) is 2.50. The minimum Gasteiger partial charge on any atom is -0.288 e. The number of halogens is 1. The molecule has 0 atom stereocenters. The van der Waals surface area contributed by atoms with Gasteiger partial charge in [-0.3, -0.25) is 4.79 Å². The molecule has 0 N–H and O–H groups in total. The van der Waals surface area contributed by atoms with Crippen LogP contribution in [0.4, 0.5) is 0 Å². The van der Waals surface area contributed by atoms with Crippen molar-refractivity contribution in [2.75, 3.05) is 0 Å². The van der Waals surface area contributed by atoms with Crippen LogP contribution in [-0.4, -0.2) is 5.78 Å². The number of hydrogen-bond acceptors (Lipinski definition) is 2. The van der Waals surface area contributed by atoms with Crippen LogP contribution in [0, 0.1) is 0 Å². The first-order valence-electron chi connectivity index (χ1n) is 7.92. The summed E-state index contributed by atoms with van der Waals surface area (Å²) in [5, 5.41) is 0. The van der Waals surface area contributed by atoms with Gasteiger partial charge in [-0.15, -0.1) is 11.3 Å². The number of ketones is 1. The van der Waals surface area contributed by atoms with Crippen molar-refractivity contribution < 1.29 is 4.79 Å². The highest BCUT2D eigenvalue weighted by Crippen LogP contribution is 2.29. The van der Waals surface area contributed by atoms with E-state index in [4.69, 9.17) is 0 Å². The summed E-state index contributed by atoms with van der Waals surface area (Å²) in [6.45, 7) is 8.74. The fraction of sp³-hybridized carbons (Fsp3) is 0.350. The molecule has 0 saturated carbocycles. The molecular formula is C20H23BrOS. The maximum absolute atomic E-state index is 12.3. The van der Waals surface area contributed by atoms with E-state index in [1.807, 2.05) is 12.1 Å². The Kier molecular flexibility index (Phi) is 5.99. The van der Waals surface area contributed by atoms with E-state index in [0.29, 0.717) is 0 Å². The van der Waals surface area contributed by atoms with E-state index in [1.165, 1.54) is 10.4 Å². The first kappa shape index (κ1) is 18.2. The van der Waals surface area contributed by atoms with Crippen molar-refractivity contribution in [3.8, 4) is 0 Å². The summed E-state index contributed by atoms with van der Waals surface area (Å²) in [7, 11) is 0. The van der Waals surface area contributed by atoms with Gasteiger partial charge in [0.05, 0.1) is 4.88 Å². The fourth-order valence-corrected chi connectivity index (χ4v) is 4.17. The molecular weight excluding hydrogens is 368 g/mol. The Hall–Kier alpha value is -1.19. The Morgan fingerprint density at radius 3 is 2.43 bits per heavy atom. The zero-order chi connectivity index (χ0) is 17.0. The maximum atomic E-state index is 12.3. The third-order valence-corrected chi connectivity index (χ3v) is 5.86. The molecule has 23 heavy (non-hydrogen) atoms. The molecule has 0 fully saturated rings. The Labute approximate surface area is 151 Å². The standard InChI is InChI=1S/C20H23BrOS/c1-5-6-18-16(21)13-19(23-18)17(22)12-9-14-7-10-15(11-8-14)20(2,3)4/h7-13H,5-6H2,1-4H3/b12-9+. The zero-order valence-corrected chi connectivity index (χ0v) is 16.6. The lowest BCUT2D eigenvalue weighted by atomic mass is 9.87. The second-order valence-electron chi connectivity index (χ2n) is 6.70. The van der Waals surface area contributed by atoms with Gasteiger partial charge in [0.25, 0.3) is 0 Å². The number of hydrogen-bond donors (Lipinski definition) is 0. The van der Waals surface area contributed by atoms with Gasteiger partial charge in [0.15, 0.2) is 5.78 Å². The van der Waals surface area contributed by atoms with Gasteiger partial charge in [-0.05, 0) is 51.0 Å². The van der Waals surface area contributed by atoms with Gasteiger partial charge >= 0.3 is 0 Å². The number of carbonyl (C=O) groups excluding carboxylic acids is 1. The number of thiophene rings is 1. The predicted octanol–water partition coefficient (Wildman–Crippen LogP) is 6.66. The molecule has 0 aliphatic heterocycles. The minimum atomic E-state index is 0.0675. The summed E-state index contributed by atoms with van der Waals surface area (Å²) in [6.07, 6.45) is 5.65. The van der Waals surface area contributed by atoms with Gasteiger partial charge in [0.1, 0.15) is 0 Å². The molecule has 0 aliphatic rings. The SMILES string of the molecule is CCCc1sc(C(=O)/C=C/c2ccc(C(C)(C)C)cc2)cc1Br. The van der Waals surface area contributed by atoms with Gasteiger partial charge in [0.2, 0.25) is 0 Å². The van der Waals surface area contributed by atoms with Crippen LogP contribution >= 0.6 is 27.3 Å². The molecule has 0 aliphatic carbocycles. The normalized spacial score (nSPS) is 12.0.